The SMILES string of the molecule is CCCCCCCC1CCC([C@H]2CC[C@@](CCCCCCC)(C(F)(F)F)CC2)CC1. The van der Waals surface area contributed by atoms with Crippen LogP contribution < -0.4 is 0 Å². The van der Waals surface area contributed by atoms with E-state index in [-0.39, 0.29) is 0 Å². The molecule has 0 N–H and O–H groups in total. The van der Waals surface area contributed by atoms with Crippen LogP contribution in [0.5, 0.6) is 0 Å². The topological polar surface area (TPSA) is 0 Å². The molecule has 2 aliphatic rings. The smallest absolute Gasteiger partial charge is 0.171 e. The van der Waals surface area contributed by atoms with E-state index in [9.17, 15) is 13.2 Å². The molecule has 0 radical (unpaired) electrons. The summed E-state index contributed by atoms with van der Waals surface area (Å²) in [5.41, 5.74) is -1.37. The summed E-state index contributed by atoms with van der Waals surface area (Å²) in [5, 5.41) is 0. The minimum atomic E-state index is -4.02. The highest BCUT2D eigenvalue weighted by molar-refractivity contribution is 4.93. The van der Waals surface area contributed by atoms with Gasteiger partial charge in [-0.15, -0.1) is 0 Å². The van der Waals surface area contributed by atoms with Gasteiger partial charge in [0.05, 0.1) is 5.41 Å². The van der Waals surface area contributed by atoms with E-state index in [0.717, 1.165) is 50.9 Å². The van der Waals surface area contributed by atoms with E-state index < -0.39 is 11.6 Å². The van der Waals surface area contributed by atoms with E-state index in [1.807, 2.05) is 0 Å². The van der Waals surface area contributed by atoms with Gasteiger partial charge in [-0.05, 0) is 62.7 Å². The van der Waals surface area contributed by atoms with Crippen molar-refractivity contribution in [2.45, 2.75) is 148 Å². The second-order valence-corrected chi connectivity index (χ2v) is 10.8. The zero-order valence-electron chi connectivity index (χ0n) is 20.0. The van der Waals surface area contributed by atoms with Crippen molar-refractivity contribution in [3.63, 3.8) is 0 Å². The number of hydrogen-bond donors (Lipinski definition) is 0. The molecular weight excluding hydrogens is 381 g/mol. The number of alkyl halides is 3. The van der Waals surface area contributed by atoms with Crippen LogP contribution in [0.15, 0.2) is 0 Å². The molecule has 0 heterocycles. The van der Waals surface area contributed by atoms with Crippen LogP contribution in [0, 0.1) is 23.2 Å². The molecule has 0 amide bonds. The van der Waals surface area contributed by atoms with Crippen molar-refractivity contribution >= 4 is 0 Å². The fourth-order valence-corrected chi connectivity index (χ4v) is 6.39. The van der Waals surface area contributed by atoms with Crippen LogP contribution in [0.3, 0.4) is 0 Å². The van der Waals surface area contributed by atoms with Crippen LogP contribution >= 0.6 is 0 Å². The van der Waals surface area contributed by atoms with Gasteiger partial charge in [-0.1, -0.05) is 97.3 Å². The molecule has 0 aliphatic heterocycles. The van der Waals surface area contributed by atoms with E-state index in [4.69, 9.17) is 0 Å². The molecule has 0 saturated heterocycles. The van der Waals surface area contributed by atoms with Crippen molar-refractivity contribution in [1.82, 2.24) is 0 Å². The Morgan fingerprint density at radius 2 is 1.13 bits per heavy atom. The van der Waals surface area contributed by atoms with Gasteiger partial charge in [-0.25, -0.2) is 0 Å². The summed E-state index contributed by atoms with van der Waals surface area (Å²) in [7, 11) is 0. The summed E-state index contributed by atoms with van der Waals surface area (Å²) in [5.74, 6) is 2.16. The molecule has 0 aromatic rings. The number of halogens is 3. The Kier molecular flexibility index (Phi) is 11.6. The quantitative estimate of drug-likeness (QED) is 0.255. The molecule has 0 nitrogen and oxygen atoms in total. The molecule has 2 rings (SSSR count). The highest BCUT2D eigenvalue weighted by Gasteiger charge is 2.55. The highest BCUT2D eigenvalue weighted by Crippen LogP contribution is 2.55. The van der Waals surface area contributed by atoms with Gasteiger partial charge in [-0.2, -0.15) is 13.2 Å². The average molecular weight is 431 g/mol. The van der Waals surface area contributed by atoms with E-state index in [2.05, 4.69) is 13.8 Å². The van der Waals surface area contributed by atoms with Gasteiger partial charge in [0.1, 0.15) is 0 Å². The maximum Gasteiger partial charge on any atom is 0.394 e. The third-order valence-electron chi connectivity index (χ3n) is 8.62. The fraction of sp³-hybridized carbons (Fsp3) is 1.00. The van der Waals surface area contributed by atoms with Crippen LogP contribution in [0.25, 0.3) is 0 Å². The van der Waals surface area contributed by atoms with Gasteiger partial charge in [-0.3, -0.25) is 0 Å². The Morgan fingerprint density at radius 3 is 1.67 bits per heavy atom. The van der Waals surface area contributed by atoms with Gasteiger partial charge in [0.25, 0.3) is 0 Å². The Balaban J connectivity index is 1.71. The first-order valence-electron chi connectivity index (χ1n) is 13.5. The van der Waals surface area contributed by atoms with Gasteiger partial charge in [0.2, 0.25) is 0 Å². The molecule has 2 saturated carbocycles. The summed E-state index contributed by atoms with van der Waals surface area (Å²) in [4.78, 5) is 0. The predicted octanol–water partition coefficient (Wildman–Crippen LogP) is 10.3. The van der Waals surface area contributed by atoms with Gasteiger partial charge >= 0.3 is 6.18 Å². The molecular formula is C27H49F3. The van der Waals surface area contributed by atoms with Gasteiger partial charge < -0.3 is 0 Å². The van der Waals surface area contributed by atoms with Crippen LogP contribution in [-0.2, 0) is 0 Å². The standard InChI is InChI=1S/C27H49F3/c1-3-5-7-9-11-13-23-14-16-24(17-15-23)25-18-21-26(22-19-25,27(28,29)30)20-12-10-8-6-4-2/h23-25H,3-22H2,1-2H3/t23?,24?,25-,26+. The monoisotopic (exact) mass is 430 g/mol. The lowest BCUT2D eigenvalue weighted by molar-refractivity contribution is -0.241. The number of rotatable bonds is 13. The zero-order chi connectivity index (χ0) is 21.9. The van der Waals surface area contributed by atoms with E-state index in [0.29, 0.717) is 31.1 Å². The number of unbranched alkanes of at least 4 members (excludes halogenated alkanes) is 8. The van der Waals surface area contributed by atoms with Gasteiger partial charge in [0.15, 0.2) is 0 Å². The lowest BCUT2D eigenvalue weighted by Gasteiger charge is -2.44. The first kappa shape index (κ1) is 26.0. The second-order valence-electron chi connectivity index (χ2n) is 10.8. The molecule has 30 heavy (non-hydrogen) atoms. The third kappa shape index (κ3) is 8.05. The van der Waals surface area contributed by atoms with Gasteiger partial charge in [0, 0.05) is 0 Å². The zero-order valence-corrected chi connectivity index (χ0v) is 20.0. The molecule has 0 bridgehead atoms. The minimum Gasteiger partial charge on any atom is -0.171 e. The molecule has 178 valence electrons. The Bertz CT molecular complexity index is 426. The van der Waals surface area contributed by atoms with Crippen molar-refractivity contribution in [2.24, 2.45) is 23.2 Å². The van der Waals surface area contributed by atoms with E-state index >= 15 is 0 Å². The molecule has 2 aliphatic carbocycles. The Hall–Kier alpha value is -0.210. The molecule has 0 spiro atoms. The first-order chi connectivity index (χ1) is 14.4. The first-order valence-corrected chi connectivity index (χ1v) is 13.5. The van der Waals surface area contributed by atoms with E-state index in [1.54, 1.807) is 0 Å². The lowest BCUT2D eigenvalue weighted by Crippen LogP contribution is -2.42. The van der Waals surface area contributed by atoms with Crippen LogP contribution in [0.4, 0.5) is 13.2 Å². The van der Waals surface area contributed by atoms with Crippen LogP contribution in [0.1, 0.15) is 142 Å². The molecule has 3 heteroatoms. The summed E-state index contributed by atoms with van der Waals surface area (Å²) < 4.78 is 42.0. The largest absolute Gasteiger partial charge is 0.394 e. The lowest BCUT2D eigenvalue weighted by atomic mass is 9.62. The van der Waals surface area contributed by atoms with Crippen LogP contribution in [0.2, 0.25) is 0 Å². The molecule has 2 fully saturated rings. The fourth-order valence-electron chi connectivity index (χ4n) is 6.39. The summed E-state index contributed by atoms with van der Waals surface area (Å²) in [6.45, 7) is 4.42. The normalized spacial score (nSPS) is 30.5. The Labute approximate surface area is 185 Å². The summed E-state index contributed by atoms with van der Waals surface area (Å²) in [6, 6.07) is 0. The average Bonchev–Trinajstić information content (AvgIpc) is 2.74. The van der Waals surface area contributed by atoms with Crippen LogP contribution in [-0.4, -0.2) is 6.18 Å². The molecule has 0 atom stereocenters. The van der Waals surface area contributed by atoms with Crippen molar-refractivity contribution in [3.05, 3.63) is 0 Å². The number of hydrogen-bond acceptors (Lipinski definition) is 0. The summed E-state index contributed by atoms with van der Waals surface area (Å²) >= 11 is 0. The second kappa shape index (κ2) is 13.4. The summed E-state index contributed by atoms with van der Waals surface area (Å²) in [6.07, 6.45) is 17.3. The van der Waals surface area contributed by atoms with Crippen molar-refractivity contribution < 1.29 is 13.2 Å². The van der Waals surface area contributed by atoms with Crippen molar-refractivity contribution in [1.29, 1.82) is 0 Å². The maximum atomic E-state index is 14.0. The molecule has 0 aromatic heterocycles. The molecule has 0 unspecified atom stereocenters. The Morgan fingerprint density at radius 1 is 0.633 bits per heavy atom. The predicted molar refractivity (Wildman–Crippen MR) is 123 cm³/mol. The van der Waals surface area contributed by atoms with Crippen molar-refractivity contribution in [2.75, 3.05) is 0 Å². The minimum absolute atomic E-state index is 0.373. The van der Waals surface area contributed by atoms with E-state index in [1.165, 1.54) is 64.2 Å². The molecule has 0 aromatic carbocycles. The van der Waals surface area contributed by atoms with Crippen molar-refractivity contribution in [3.8, 4) is 0 Å². The highest BCUT2D eigenvalue weighted by atomic mass is 19.4. The maximum absolute atomic E-state index is 14.0. The third-order valence-corrected chi connectivity index (χ3v) is 8.62.